The number of carbonyl (C=O) groups excluding carboxylic acids is 3. The first-order valence-corrected chi connectivity index (χ1v) is 14.4. The number of aromatic nitrogens is 3. The van der Waals surface area contributed by atoms with E-state index in [-0.39, 0.29) is 30.5 Å². The van der Waals surface area contributed by atoms with Crippen molar-refractivity contribution in [1.29, 1.82) is 0 Å². The molecule has 0 atom stereocenters. The zero-order chi connectivity index (χ0) is 30.1. The minimum absolute atomic E-state index is 0.0758. The normalized spacial score (nSPS) is 10.7. The van der Waals surface area contributed by atoms with Crippen molar-refractivity contribution >= 4 is 35.2 Å². The highest BCUT2D eigenvalue weighted by Gasteiger charge is 2.19. The van der Waals surface area contributed by atoms with Crippen molar-refractivity contribution in [2.24, 2.45) is 0 Å². The number of hydrogen-bond donors (Lipinski definition) is 2. The smallest absolute Gasteiger partial charge is 0.338 e. The second kappa shape index (κ2) is 14.3. The maximum Gasteiger partial charge on any atom is 0.338 e. The number of aryl methyl sites for hydroxylation is 1. The fourth-order valence-electron chi connectivity index (χ4n) is 4.13. The van der Waals surface area contributed by atoms with Gasteiger partial charge in [-0.05, 0) is 79.9 Å². The largest absolute Gasteiger partial charge is 0.497 e. The molecular formula is C31H33N5O5S. The lowest BCUT2D eigenvalue weighted by Crippen LogP contribution is -2.26. The highest BCUT2D eigenvalue weighted by Crippen LogP contribution is 2.26. The molecule has 0 spiro atoms. The van der Waals surface area contributed by atoms with Crippen LogP contribution in [0.3, 0.4) is 0 Å². The first-order chi connectivity index (χ1) is 20.3. The molecule has 42 heavy (non-hydrogen) atoms. The van der Waals surface area contributed by atoms with Crippen molar-refractivity contribution in [1.82, 2.24) is 20.1 Å². The van der Waals surface area contributed by atoms with Gasteiger partial charge in [0, 0.05) is 5.69 Å². The number of thioether (sulfide) groups is 1. The molecule has 2 N–H and O–H groups in total. The topological polar surface area (TPSA) is 124 Å². The van der Waals surface area contributed by atoms with Crippen molar-refractivity contribution in [3.8, 4) is 11.4 Å². The van der Waals surface area contributed by atoms with Gasteiger partial charge >= 0.3 is 5.97 Å². The third-order valence-electron chi connectivity index (χ3n) is 6.50. The van der Waals surface area contributed by atoms with Crippen LogP contribution >= 0.6 is 11.8 Å². The number of nitrogens with one attached hydrogen (secondary N) is 2. The van der Waals surface area contributed by atoms with Crippen LogP contribution in [0.25, 0.3) is 5.69 Å². The van der Waals surface area contributed by atoms with Crippen LogP contribution in [0.1, 0.15) is 39.8 Å². The average Bonchev–Trinajstić information content (AvgIpc) is 3.39. The molecule has 218 valence electrons. The molecule has 4 rings (SSSR count). The molecule has 3 aromatic carbocycles. The predicted molar refractivity (Wildman–Crippen MR) is 161 cm³/mol. The summed E-state index contributed by atoms with van der Waals surface area (Å²) in [6, 6.07) is 19.8. The minimum Gasteiger partial charge on any atom is -0.497 e. The van der Waals surface area contributed by atoms with E-state index in [9.17, 15) is 14.4 Å². The molecule has 0 saturated carbocycles. The van der Waals surface area contributed by atoms with Crippen LogP contribution in [-0.4, -0.2) is 52.0 Å². The first-order valence-electron chi connectivity index (χ1n) is 13.4. The zero-order valence-electron chi connectivity index (χ0n) is 24.0. The minimum atomic E-state index is -0.413. The Morgan fingerprint density at radius 3 is 2.36 bits per heavy atom. The van der Waals surface area contributed by atoms with E-state index in [1.54, 1.807) is 38.3 Å². The number of rotatable bonds is 12. The van der Waals surface area contributed by atoms with Gasteiger partial charge in [0.05, 0.1) is 43.7 Å². The van der Waals surface area contributed by atoms with E-state index >= 15 is 0 Å². The first kappa shape index (κ1) is 30.3. The molecule has 0 bridgehead atoms. The molecule has 0 aliphatic carbocycles. The Morgan fingerprint density at radius 2 is 1.67 bits per heavy atom. The Kier molecular flexibility index (Phi) is 10.3. The van der Waals surface area contributed by atoms with Gasteiger partial charge in [-0.15, -0.1) is 10.2 Å². The molecule has 11 heteroatoms. The summed E-state index contributed by atoms with van der Waals surface area (Å²) in [7, 11) is 1.60. The van der Waals surface area contributed by atoms with E-state index in [0.717, 1.165) is 28.1 Å². The molecular weight excluding hydrogens is 554 g/mol. The third kappa shape index (κ3) is 7.76. The van der Waals surface area contributed by atoms with Crippen LogP contribution in [0.2, 0.25) is 0 Å². The van der Waals surface area contributed by atoms with Crippen molar-refractivity contribution in [2.75, 3.05) is 24.8 Å². The molecule has 0 saturated heterocycles. The fourth-order valence-corrected chi connectivity index (χ4v) is 4.89. The molecule has 2 amide bonds. The van der Waals surface area contributed by atoms with Gasteiger partial charge in [-0.25, -0.2) is 4.79 Å². The third-order valence-corrected chi connectivity index (χ3v) is 7.43. The molecule has 0 unspecified atom stereocenters. The number of anilines is 1. The Balaban J connectivity index is 1.45. The van der Waals surface area contributed by atoms with E-state index < -0.39 is 5.97 Å². The quantitative estimate of drug-likeness (QED) is 0.181. The summed E-state index contributed by atoms with van der Waals surface area (Å²) in [6.45, 7) is 6.23. The van der Waals surface area contributed by atoms with Crippen molar-refractivity contribution < 1.29 is 23.9 Å². The lowest BCUT2D eigenvalue weighted by atomic mass is 10.1. The van der Waals surface area contributed by atoms with Gasteiger partial charge in [-0.1, -0.05) is 36.0 Å². The van der Waals surface area contributed by atoms with Gasteiger partial charge in [-0.3, -0.25) is 14.2 Å². The standard InChI is InChI=1S/C31H33N5O5S/c1-5-41-30(39)23-11-13-24(14-12-23)33-29(38)19-42-31-35-34-27(36(31)26-8-6-7-20(2)21(26)3)18-32-28(37)17-22-9-15-25(40-4)16-10-22/h6-16H,5,17-19H2,1-4H3,(H,32,37)(H,33,38). The number of benzene rings is 3. The Bertz CT molecular complexity index is 1550. The molecule has 10 nitrogen and oxygen atoms in total. The van der Waals surface area contributed by atoms with Gasteiger partial charge in [0.1, 0.15) is 5.75 Å². The van der Waals surface area contributed by atoms with Crippen LogP contribution in [0.15, 0.2) is 71.9 Å². The number of carbonyl (C=O) groups is 3. The monoisotopic (exact) mass is 587 g/mol. The summed E-state index contributed by atoms with van der Waals surface area (Å²) >= 11 is 1.24. The van der Waals surface area contributed by atoms with Crippen LogP contribution < -0.4 is 15.4 Å². The van der Waals surface area contributed by atoms with Gasteiger partial charge in [0.2, 0.25) is 11.8 Å². The summed E-state index contributed by atoms with van der Waals surface area (Å²) in [5.41, 5.74) is 4.84. The summed E-state index contributed by atoms with van der Waals surface area (Å²) in [6.07, 6.45) is 0.212. The number of nitrogens with zero attached hydrogens (tertiary/aromatic N) is 3. The Morgan fingerprint density at radius 1 is 0.929 bits per heavy atom. The predicted octanol–water partition coefficient (Wildman–Crippen LogP) is 4.66. The highest BCUT2D eigenvalue weighted by atomic mass is 32.2. The summed E-state index contributed by atoms with van der Waals surface area (Å²) in [5.74, 6) is 0.541. The van der Waals surface area contributed by atoms with Crippen LogP contribution in [0, 0.1) is 13.8 Å². The van der Waals surface area contributed by atoms with Crippen LogP contribution in [0.4, 0.5) is 5.69 Å². The number of hydrogen-bond acceptors (Lipinski definition) is 8. The Labute approximate surface area is 248 Å². The summed E-state index contributed by atoms with van der Waals surface area (Å²) < 4.78 is 12.0. The van der Waals surface area contributed by atoms with E-state index in [0.29, 0.717) is 28.8 Å². The Hall–Kier alpha value is -4.64. The molecule has 0 fully saturated rings. The fraction of sp³-hybridized carbons (Fsp3) is 0.258. The SMILES string of the molecule is CCOC(=O)c1ccc(NC(=O)CSc2nnc(CNC(=O)Cc3ccc(OC)cc3)n2-c2cccc(C)c2C)cc1. The molecule has 0 aliphatic heterocycles. The lowest BCUT2D eigenvalue weighted by molar-refractivity contribution is -0.120. The second-order valence-electron chi connectivity index (χ2n) is 9.39. The van der Waals surface area contributed by atoms with Gasteiger partial charge < -0.3 is 20.1 Å². The molecule has 0 radical (unpaired) electrons. The highest BCUT2D eigenvalue weighted by molar-refractivity contribution is 7.99. The average molecular weight is 588 g/mol. The summed E-state index contributed by atoms with van der Waals surface area (Å²) in [4.78, 5) is 37.3. The van der Waals surface area contributed by atoms with E-state index in [2.05, 4.69) is 20.8 Å². The lowest BCUT2D eigenvalue weighted by Gasteiger charge is -2.15. The van der Waals surface area contributed by atoms with Crippen LogP contribution in [-0.2, 0) is 27.3 Å². The maximum atomic E-state index is 12.8. The van der Waals surface area contributed by atoms with Crippen molar-refractivity contribution in [2.45, 2.75) is 38.9 Å². The van der Waals surface area contributed by atoms with Gasteiger partial charge in [0.15, 0.2) is 11.0 Å². The summed E-state index contributed by atoms with van der Waals surface area (Å²) in [5, 5.41) is 15.0. The molecule has 1 heterocycles. The maximum absolute atomic E-state index is 12.8. The number of esters is 1. The molecule has 1 aromatic heterocycles. The van der Waals surface area contributed by atoms with E-state index in [4.69, 9.17) is 9.47 Å². The van der Waals surface area contributed by atoms with Crippen LogP contribution in [0.5, 0.6) is 5.75 Å². The number of ether oxygens (including phenoxy) is 2. The molecule has 0 aliphatic rings. The second-order valence-corrected chi connectivity index (χ2v) is 10.3. The van der Waals surface area contributed by atoms with Gasteiger partial charge in [0.25, 0.3) is 0 Å². The van der Waals surface area contributed by atoms with Gasteiger partial charge in [-0.2, -0.15) is 0 Å². The zero-order valence-corrected chi connectivity index (χ0v) is 24.8. The van der Waals surface area contributed by atoms with E-state index in [1.165, 1.54) is 11.8 Å². The number of amides is 2. The van der Waals surface area contributed by atoms with Crippen molar-refractivity contribution in [3.63, 3.8) is 0 Å². The van der Waals surface area contributed by atoms with Crippen molar-refractivity contribution in [3.05, 3.63) is 94.8 Å². The van der Waals surface area contributed by atoms with E-state index in [1.807, 2.05) is 60.9 Å². The molecule has 4 aromatic rings. The number of methoxy groups -OCH3 is 1.